The molecule has 0 fully saturated rings. The summed E-state index contributed by atoms with van der Waals surface area (Å²) in [5, 5.41) is 9.69. The van der Waals surface area contributed by atoms with Crippen LogP contribution in [0.5, 0.6) is 5.75 Å². The highest BCUT2D eigenvalue weighted by Crippen LogP contribution is 2.18. The van der Waals surface area contributed by atoms with E-state index in [1.54, 1.807) is 6.07 Å². The van der Waals surface area contributed by atoms with E-state index in [0.29, 0.717) is 5.75 Å². The van der Waals surface area contributed by atoms with Gasteiger partial charge in [-0.2, -0.15) is 0 Å². The van der Waals surface area contributed by atoms with E-state index in [1.165, 1.54) is 51.4 Å². The van der Waals surface area contributed by atoms with Gasteiger partial charge in [0, 0.05) is 0 Å². The molecule has 0 amide bonds. The van der Waals surface area contributed by atoms with Gasteiger partial charge in [-0.05, 0) is 50.2 Å². The minimum absolute atomic E-state index is 0.445. The topological polar surface area (TPSA) is 20.2 Å². The second-order valence-electron chi connectivity index (χ2n) is 5.90. The van der Waals surface area contributed by atoms with E-state index < -0.39 is 0 Å². The number of aryl methyl sites for hydroxylation is 1. The number of phenolic OH excluding ortho intramolecular Hbond substituents is 1. The maximum atomic E-state index is 9.69. The Kier molecular flexibility index (Phi) is 11.1. The maximum Gasteiger partial charge on any atom is 0.118 e. The number of hydrogen-bond acceptors (Lipinski definition) is 1. The average molecular weight is 300 g/mol. The molecule has 0 unspecified atom stereocenters. The van der Waals surface area contributed by atoms with Crippen LogP contribution in [-0.2, 0) is 6.42 Å². The van der Waals surface area contributed by atoms with E-state index in [-0.39, 0.29) is 0 Å². The van der Waals surface area contributed by atoms with Crippen molar-refractivity contribution in [2.75, 3.05) is 0 Å². The molecular weight excluding hydrogens is 268 g/mol. The Morgan fingerprint density at radius 2 is 1.50 bits per heavy atom. The standard InChI is InChI=1S/C21H32O/c1-2-3-4-5-6-7-8-9-10-11-12-13-14-17-20-18-15-16-19-21(20)22/h4-5,7-8,15-16,18-19,22H,2-3,6,9-14,17H2,1H3. The minimum Gasteiger partial charge on any atom is -0.508 e. The third-order valence-electron chi connectivity index (χ3n) is 3.87. The molecule has 0 saturated carbocycles. The molecule has 0 bridgehead atoms. The number of hydrogen-bond donors (Lipinski definition) is 1. The van der Waals surface area contributed by atoms with Crippen molar-refractivity contribution in [2.24, 2.45) is 0 Å². The molecule has 1 aromatic carbocycles. The van der Waals surface area contributed by atoms with Crippen molar-refractivity contribution in [3.8, 4) is 5.75 Å². The van der Waals surface area contributed by atoms with Gasteiger partial charge in [0.15, 0.2) is 0 Å². The fourth-order valence-electron chi connectivity index (χ4n) is 2.50. The second kappa shape index (κ2) is 13.2. The van der Waals surface area contributed by atoms with Crippen molar-refractivity contribution in [1.82, 2.24) is 0 Å². The van der Waals surface area contributed by atoms with Gasteiger partial charge in [-0.1, -0.05) is 75.1 Å². The molecule has 0 aliphatic rings. The predicted molar refractivity (Wildman–Crippen MR) is 97.3 cm³/mol. The Bertz CT molecular complexity index is 431. The summed E-state index contributed by atoms with van der Waals surface area (Å²) in [5.74, 6) is 0.445. The van der Waals surface area contributed by atoms with E-state index in [2.05, 4.69) is 31.2 Å². The van der Waals surface area contributed by atoms with E-state index in [9.17, 15) is 5.11 Å². The molecule has 0 heterocycles. The van der Waals surface area contributed by atoms with E-state index in [4.69, 9.17) is 0 Å². The Morgan fingerprint density at radius 3 is 2.27 bits per heavy atom. The lowest BCUT2D eigenvalue weighted by molar-refractivity contribution is 0.466. The molecule has 0 spiro atoms. The molecule has 0 aliphatic carbocycles. The fraction of sp³-hybridized carbons (Fsp3) is 0.524. The van der Waals surface area contributed by atoms with Crippen molar-refractivity contribution < 1.29 is 5.11 Å². The largest absolute Gasteiger partial charge is 0.508 e. The highest BCUT2D eigenvalue weighted by Gasteiger charge is 1.98. The lowest BCUT2D eigenvalue weighted by Gasteiger charge is -2.04. The Hall–Kier alpha value is -1.50. The summed E-state index contributed by atoms with van der Waals surface area (Å²) in [6, 6.07) is 7.68. The fourth-order valence-corrected chi connectivity index (χ4v) is 2.50. The van der Waals surface area contributed by atoms with Gasteiger partial charge in [-0.15, -0.1) is 0 Å². The lowest BCUT2D eigenvalue weighted by atomic mass is 10.0. The van der Waals surface area contributed by atoms with Gasteiger partial charge in [0.05, 0.1) is 0 Å². The molecule has 1 heteroatoms. The van der Waals surface area contributed by atoms with Crippen LogP contribution >= 0.6 is 0 Å². The smallest absolute Gasteiger partial charge is 0.118 e. The zero-order chi connectivity index (χ0) is 15.9. The molecule has 122 valence electrons. The molecule has 1 aromatic rings. The van der Waals surface area contributed by atoms with Crippen LogP contribution < -0.4 is 0 Å². The number of phenols is 1. The Balaban J connectivity index is 1.91. The number of unbranched alkanes of at least 4 members (excludes halogenated alkanes) is 6. The van der Waals surface area contributed by atoms with Crippen molar-refractivity contribution in [1.29, 1.82) is 0 Å². The first kappa shape index (κ1) is 18.5. The average Bonchev–Trinajstić information content (AvgIpc) is 2.53. The van der Waals surface area contributed by atoms with Gasteiger partial charge in [-0.3, -0.25) is 0 Å². The van der Waals surface area contributed by atoms with Crippen molar-refractivity contribution in [2.45, 2.75) is 71.1 Å². The molecule has 0 atom stereocenters. The van der Waals surface area contributed by atoms with Crippen LogP contribution in [0, 0.1) is 0 Å². The summed E-state index contributed by atoms with van der Waals surface area (Å²) in [6.45, 7) is 2.21. The summed E-state index contributed by atoms with van der Waals surface area (Å²) in [7, 11) is 0. The van der Waals surface area contributed by atoms with Crippen molar-refractivity contribution in [3.05, 3.63) is 54.1 Å². The van der Waals surface area contributed by atoms with Gasteiger partial charge in [-0.25, -0.2) is 0 Å². The zero-order valence-electron chi connectivity index (χ0n) is 14.1. The number of para-hydroxylation sites is 1. The van der Waals surface area contributed by atoms with Crippen LogP contribution in [0.2, 0.25) is 0 Å². The van der Waals surface area contributed by atoms with Crippen LogP contribution in [0.1, 0.15) is 70.3 Å². The molecule has 0 saturated heterocycles. The van der Waals surface area contributed by atoms with Gasteiger partial charge in [0.1, 0.15) is 5.75 Å². The maximum absolute atomic E-state index is 9.69. The number of rotatable bonds is 12. The summed E-state index contributed by atoms with van der Waals surface area (Å²) in [6.07, 6.45) is 21.2. The normalized spacial score (nSPS) is 11.7. The molecule has 1 N–H and O–H groups in total. The number of aromatic hydroxyl groups is 1. The number of benzene rings is 1. The monoisotopic (exact) mass is 300 g/mol. The van der Waals surface area contributed by atoms with E-state index >= 15 is 0 Å². The lowest BCUT2D eigenvalue weighted by Crippen LogP contribution is -1.86. The number of allylic oxidation sites excluding steroid dienone is 4. The summed E-state index contributed by atoms with van der Waals surface area (Å²) < 4.78 is 0. The summed E-state index contributed by atoms with van der Waals surface area (Å²) in [4.78, 5) is 0. The van der Waals surface area contributed by atoms with Gasteiger partial charge >= 0.3 is 0 Å². The van der Waals surface area contributed by atoms with E-state index in [0.717, 1.165) is 18.4 Å². The third kappa shape index (κ3) is 9.44. The van der Waals surface area contributed by atoms with Crippen LogP contribution in [0.25, 0.3) is 0 Å². The summed E-state index contributed by atoms with van der Waals surface area (Å²) in [5.41, 5.74) is 1.08. The molecule has 1 rings (SSSR count). The third-order valence-corrected chi connectivity index (χ3v) is 3.87. The SMILES string of the molecule is CCCC=CCC=CCCCCCCCc1ccccc1O. The first-order valence-electron chi connectivity index (χ1n) is 8.91. The Morgan fingerprint density at radius 1 is 0.818 bits per heavy atom. The minimum atomic E-state index is 0.445. The van der Waals surface area contributed by atoms with Crippen LogP contribution in [-0.4, -0.2) is 5.11 Å². The first-order chi connectivity index (χ1) is 10.8. The quantitative estimate of drug-likeness (QED) is 0.341. The molecule has 0 aliphatic heterocycles. The summed E-state index contributed by atoms with van der Waals surface area (Å²) >= 11 is 0. The molecule has 1 nitrogen and oxygen atoms in total. The highest BCUT2D eigenvalue weighted by molar-refractivity contribution is 5.31. The second-order valence-corrected chi connectivity index (χ2v) is 5.90. The van der Waals surface area contributed by atoms with Crippen LogP contribution in [0.4, 0.5) is 0 Å². The van der Waals surface area contributed by atoms with Crippen LogP contribution in [0.15, 0.2) is 48.6 Å². The predicted octanol–water partition coefficient (Wildman–Crippen LogP) is 6.58. The molecule has 22 heavy (non-hydrogen) atoms. The Labute approximate surface area is 136 Å². The molecule has 0 radical (unpaired) electrons. The van der Waals surface area contributed by atoms with Crippen LogP contribution in [0.3, 0.4) is 0 Å². The highest BCUT2D eigenvalue weighted by atomic mass is 16.3. The van der Waals surface area contributed by atoms with Crippen molar-refractivity contribution >= 4 is 0 Å². The van der Waals surface area contributed by atoms with Crippen molar-refractivity contribution in [3.63, 3.8) is 0 Å². The molecular formula is C21H32O. The van der Waals surface area contributed by atoms with Gasteiger partial charge in [0.2, 0.25) is 0 Å². The first-order valence-corrected chi connectivity index (χ1v) is 8.91. The van der Waals surface area contributed by atoms with Gasteiger partial charge < -0.3 is 5.11 Å². The zero-order valence-corrected chi connectivity index (χ0v) is 14.1. The van der Waals surface area contributed by atoms with E-state index in [1.807, 2.05) is 18.2 Å². The molecule has 0 aromatic heterocycles. The van der Waals surface area contributed by atoms with Gasteiger partial charge in [0.25, 0.3) is 0 Å².